The van der Waals surface area contributed by atoms with Crippen molar-refractivity contribution >= 4 is 11.7 Å². The fourth-order valence-corrected chi connectivity index (χ4v) is 3.08. The summed E-state index contributed by atoms with van der Waals surface area (Å²) in [5.74, 6) is 1.27. The SMILES string of the molecule is CCC(CC)(C(=O)NCC1CCC(C)CC1)C(N)=NO. The van der Waals surface area contributed by atoms with Gasteiger partial charge in [0.15, 0.2) is 5.84 Å². The number of amidine groups is 1. The van der Waals surface area contributed by atoms with Crippen molar-refractivity contribution in [2.24, 2.45) is 28.1 Å². The van der Waals surface area contributed by atoms with Gasteiger partial charge in [0.05, 0.1) is 0 Å². The number of nitrogens with zero attached hydrogens (tertiary/aromatic N) is 1. The molecule has 0 radical (unpaired) electrons. The maximum atomic E-state index is 12.5. The minimum Gasteiger partial charge on any atom is -0.409 e. The summed E-state index contributed by atoms with van der Waals surface area (Å²) in [4.78, 5) is 12.5. The van der Waals surface area contributed by atoms with Crippen LogP contribution >= 0.6 is 0 Å². The van der Waals surface area contributed by atoms with Gasteiger partial charge in [-0.25, -0.2) is 0 Å². The van der Waals surface area contributed by atoms with E-state index in [1.165, 1.54) is 25.7 Å². The quantitative estimate of drug-likeness (QED) is 0.303. The molecule has 0 bridgehead atoms. The van der Waals surface area contributed by atoms with Crippen LogP contribution < -0.4 is 11.1 Å². The van der Waals surface area contributed by atoms with Crippen LogP contribution in [0.1, 0.15) is 59.3 Å². The summed E-state index contributed by atoms with van der Waals surface area (Å²) in [6.45, 7) is 6.77. The van der Waals surface area contributed by atoms with Gasteiger partial charge in [-0.3, -0.25) is 4.79 Å². The van der Waals surface area contributed by atoms with E-state index in [0.29, 0.717) is 25.3 Å². The Kier molecular flexibility index (Phi) is 6.30. The predicted octanol–water partition coefficient (Wildman–Crippen LogP) is 2.48. The number of hydrogen-bond acceptors (Lipinski definition) is 3. The molecule has 5 heteroatoms. The first kappa shape index (κ1) is 16.8. The summed E-state index contributed by atoms with van der Waals surface area (Å²) in [5.41, 5.74) is 4.86. The van der Waals surface area contributed by atoms with Crippen LogP contribution in [0.2, 0.25) is 0 Å². The van der Waals surface area contributed by atoms with Crippen LogP contribution in [0.25, 0.3) is 0 Å². The molecule has 0 atom stereocenters. The topological polar surface area (TPSA) is 87.7 Å². The third kappa shape index (κ3) is 3.64. The monoisotopic (exact) mass is 283 g/mol. The number of nitrogens with two attached hydrogens (primary N) is 1. The van der Waals surface area contributed by atoms with E-state index >= 15 is 0 Å². The average Bonchev–Trinajstić information content (AvgIpc) is 2.48. The highest BCUT2D eigenvalue weighted by Gasteiger charge is 2.39. The van der Waals surface area contributed by atoms with E-state index in [1.54, 1.807) is 0 Å². The molecule has 0 heterocycles. The molecule has 0 aromatic carbocycles. The van der Waals surface area contributed by atoms with Gasteiger partial charge in [0.2, 0.25) is 5.91 Å². The minimum absolute atomic E-state index is 0.0114. The zero-order valence-corrected chi connectivity index (χ0v) is 13.0. The molecule has 0 spiro atoms. The predicted molar refractivity (Wildman–Crippen MR) is 80.6 cm³/mol. The van der Waals surface area contributed by atoms with Crippen molar-refractivity contribution in [1.29, 1.82) is 0 Å². The fourth-order valence-electron chi connectivity index (χ4n) is 3.08. The van der Waals surface area contributed by atoms with Crippen molar-refractivity contribution in [3.63, 3.8) is 0 Å². The van der Waals surface area contributed by atoms with Crippen molar-refractivity contribution in [2.75, 3.05) is 6.54 Å². The Morgan fingerprint density at radius 1 is 1.30 bits per heavy atom. The van der Waals surface area contributed by atoms with E-state index in [-0.39, 0.29) is 11.7 Å². The number of carbonyl (C=O) groups excluding carboxylic acids is 1. The molecule has 0 aliphatic heterocycles. The summed E-state index contributed by atoms with van der Waals surface area (Å²) in [7, 11) is 0. The smallest absolute Gasteiger partial charge is 0.233 e. The molecule has 1 rings (SSSR count). The normalized spacial score (nSPS) is 24.4. The maximum absolute atomic E-state index is 12.5. The second kappa shape index (κ2) is 7.50. The fraction of sp³-hybridized carbons (Fsp3) is 0.867. The van der Waals surface area contributed by atoms with Crippen LogP contribution in [0.4, 0.5) is 0 Å². The highest BCUT2D eigenvalue weighted by molar-refractivity contribution is 6.06. The van der Waals surface area contributed by atoms with E-state index in [2.05, 4.69) is 17.4 Å². The Balaban J connectivity index is 2.59. The van der Waals surface area contributed by atoms with Crippen LogP contribution in [-0.2, 0) is 4.79 Å². The van der Waals surface area contributed by atoms with Gasteiger partial charge >= 0.3 is 0 Å². The summed E-state index contributed by atoms with van der Waals surface area (Å²) in [5, 5.41) is 15.0. The molecule has 0 aromatic rings. The Bertz CT molecular complexity index is 343. The lowest BCUT2D eigenvalue weighted by atomic mass is 9.79. The van der Waals surface area contributed by atoms with Crippen molar-refractivity contribution in [3.05, 3.63) is 0 Å². The van der Waals surface area contributed by atoms with Crippen LogP contribution in [0.5, 0.6) is 0 Å². The first-order valence-corrected chi connectivity index (χ1v) is 7.76. The number of amides is 1. The second-order valence-corrected chi connectivity index (χ2v) is 6.11. The van der Waals surface area contributed by atoms with Crippen molar-refractivity contribution in [1.82, 2.24) is 5.32 Å². The molecule has 0 unspecified atom stereocenters. The molecule has 1 aliphatic carbocycles. The molecule has 1 amide bonds. The molecule has 5 nitrogen and oxygen atoms in total. The lowest BCUT2D eigenvalue weighted by Gasteiger charge is -2.31. The van der Waals surface area contributed by atoms with Gasteiger partial charge in [-0.2, -0.15) is 0 Å². The minimum atomic E-state index is -0.878. The molecule has 1 fully saturated rings. The van der Waals surface area contributed by atoms with Gasteiger partial charge in [-0.05, 0) is 37.5 Å². The average molecular weight is 283 g/mol. The lowest BCUT2D eigenvalue weighted by Crippen LogP contribution is -2.50. The summed E-state index contributed by atoms with van der Waals surface area (Å²) >= 11 is 0. The van der Waals surface area contributed by atoms with Crippen molar-refractivity contribution in [2.45, 2.75) is 59.3 Å². The summed E-state index contributed by atoms with van der Waals surface area (Å²) in [6.07, 6.45) is 5.91. The van der Waals surface area contributed by atoms with Crippen LogP contribution in [0.3, 0.4) is 0 Å². The molecular weight excluding hydrogens is 254 g/mol. The van der Waals surface area contributed by atoms with E-state index < -0.39 is 5.41 Å². The third-order valence-electron chi connectivity index (χ3n) is 4.93. The molecule has 20 heavy (non-hydrogen) atoms. The number of nitrogens with one attached hydrogen (secondary N) is 1. The summed E-state index contributed by atoms with van der Waals surface area (Å²) < 4.78 is 0. The van der Waals surface area contributed by atoms with E-state index in [0.717, 1.165) is 5.92 Å². The van der Waals surface area contributed by atoms with E-state index in [4.69, 9.17) is 10.9 Å². The van der Waals surface area contributed by atoms with Crippen molar-refractivity contribution < 1.29 is 10.0 Å². The third-order valence-corrected chi connectivity index (χ3v) is 4.93. The first-order valence-electron chi connectivity index (χ1n) is 7.76. The lowest BCUT2D eigenvalue weighted by molar-refractivity contribution is -0.128. The zero-order valence-electron chi connectivity index (χ0n) is 13.0. The molecule has 1 aliphatic rings. The molecule has 116 valence electrons. The van der Waals surface area contributed by atoms with E-state index in [9.17, 15) is 4.79 Å². The van der Waals surface area contributed by atoms with Gasteiger partial charge in [0.25, 0.3) is 0 Å². The number of carbonyl (C=O) groups is 1. The Morgan fingerprint density at radius 3 is 2.30 bits per heavy atom. The number of hydrogen-bond donors (Lipinski definition) is 3. The maximum Gasteiger partial charge on any atom is 0.233 e. The van der Waals surface area contributed by atoms with Crippen LogP contribution in [0.15, 0.2) is 5.16 Å². The molecule has 1 saturated carbocycles. The Hall–Kier alpha value is -1.26. The highest BCUT2D eigenvalue weighted by Crippen LogP contribution is 2.29. The molecule has 0 saturated heterocycles. The van der Waals surface area contributed by atoms with Gasteiger partial charge in [0.1, 0.15) is 5.41 Å². The number of rotatable bonds is 6. The molecule has 4 N–H and O–H groups in total. The molecular formula is C15H29N3O2. The number of oxime groups is 1. The van der Waals surface area contributed by atoms with Crippen molar-refractivity contribution in [3.8, 4) is 0 Å². The van der Waals surface area contributed by atoms with Gasteiger partial charge in [-0.1, -0.05) is 38.8 Å². The van der Waals surface area contributed by atoms with Gasteiger partial charge in [-0.15, -0.1) is 0 Å². The molecule has 0 aromatic heterocycles. The standard InChI is InChI=1S/C15H29N3O2/c1-4-15(5-2,13(16)18-20)14(19)17-10-12-8-6-11(3)7-9-12/h11-12,20H,4-10H2,1-3H3,(H2,16,18)(H,17,19). The summed E-state index contributed by atoms with van der Waals surface area (Å²) in [6, 6.07) is 0. The second-order valence-electron chi connectivity index (χ2n) is 6.11. The van der Waals surface area contributed by atoms with E-state index in [1.807, 2.05) is 13.8 Å². The Morgan fingerprint density at radius 2 is 1.85 bits per heavy atom. The Labute approximate surface area is 122 Å². The van der Waals surface area contributed by atoms with Gasteiger partial charge in [0, 0.05) is 6.54 Å². The van der Waals surface area contributed by atoms with Crippen LogP contribution in [0, 0.1) is 17.3 Å². The zero-order chi connectivity index (χ0) is 15.2. The first-order chi connectivity index (χ1) is 9.50. The highest BCUT2D eigenvalue weighted by atomic mass is 16.4. The largest absolute Gasteiger partial charge is 0.409 e. The van der Waals surface area contributed by atoms with Gasteiger partial charge < -0.3 is 16.3 Å². The van der Waals surface area contributed by atoms with Crippen LogP contribution in [-0.4, -0.2) is 23.5 Å².